The Kier molecular flexibility index (Phi) is 6.43. The summed E-state index contributed by atoms with van der Waals surface area (Å²) in [6.07, 6.45) is 5.00. The van der Waals surface area contributed by atoms with Gasteiger partial charge in [-0.25, -0.2) is 4.52 Å². The first kappa shape index (κ1) is 20.3. The Morgan fingerprint density at radius 1 is 1.10 bits per heavy atom. The minimum Gasteiger partial charge on any atom is -0.392 e. The van der Waals surface area contributed by atoms with Crippen LogP contribution in [0.4, 0.5) is 5.95 Å². The van der Waals surface area contributed by atoms with E-state index in [2.05, 4.69) is 20.7 Å². The summed E-state index contributed by atoms with van der Waals surface area (Å²) in [6.45, 7) is 0.400. The van der Waals surface area contributed by atoms with E-state index >= 15 is 0 Å². The van der Waals surface area contributed by atoms with Crippen molar-refractivity contribution in [2.45, 2.75) is 6.61 Å². The van der Waals surface area contributed by atoms with Crippen LogP contribution in [0, 0.1) is 0 Å². The molecule has 29 heavy (non-hydrogen) atoms. The molecule has 0 bridgehead atoms. The number of nitrogens with one attached hydrogen (secondary N) is 2. The highest BCUT2D eigenvalue weighted by Crippen LogP contribution is 2.17. The smallest absolute Gasteiger partial charge is 0.253 e. The summed E-state index contributed by atoms with van der Waals surface area (Å²) in [4.78, 5) is 28.2. The van der Waals surface area contributed by atoms with Gasteiger partial charge in [0.05, 0.1) is 12.2 Å². The molecular weight excluding hydrogens is 396 g/mol. The monoisotopic (exact) mass is 414 g/mol. The number of aliphatic hydroxyl groups excluding tert-OH is 1. The van der Waals surface area contributed by atoms with E-state index in [4.69, 9.17) is 22.4 Å². The molecule has 10 heteroatoms. The Bertz CT molecular complexity index is 1080. The predicted molar refractivity (Wildman–Crippen MR) is 109 cm³/mol. The van der Waals surface area contributed by atoms with E-state index in [1.54, 1.807) is 42.6 Å². The van der Waals surface area contributed by atoms with Gasteiger partial charge in [-0.2, -0.15) is 4.98 Å². The molecule has 0 fully saturated rings. The standard InChI is InChI=1S/C19H19ClN6O3/c20-15-9-12(3-4-14(15)11-27)17(28)22-7-1-2-8-23-18(29)13-5-6-16-24-19(21)25-26(16)10-13/h1-6,9-10,27H,7-8,11H2,(H2,21,25)(H,22,28)(H,23,29)/b2-1+. The normalized spacial score (nSPS) is 11.1. The number of anilines is 1. The summed E-state index contributed by atoms with van der Waals surface area (Å²) >= 11 is 5.98. The fourth-order valence-corrected chi connectivity index (χ4v) is 2.77. The van der Waals surface area contributed by atoms with Crippen LogP contribution in [0.2, 0.25) is 5.02 Å². The second-order valence-corrected chi connectivity index (χ2v) is 6.45. The van der Waals surface area contributed by atoms with Gasteiger partial charge in [-0.1, -0.05) is 29.8 Å². The number of rotatable bonds is 7. The van der Waals surface area contributed by atoms with Crippen LogP contribution in [-0.2, 0) is 6.61 Å². The fraction of sp³-hybridized carbons (Fsp3) is 0.158. The molecule has 0 atom stereocenters. The molecule has 0 spiro atoms. The second-order valence-electron chi connectivity index (χ2n) is 6.05. The quantitative estimate of drug-likeness (QED) is 0.429. The van der Waals surface area contributed by atoms with Gasteiger partial charge in [0.2, 0.25) is 5.95 Å². The molecule has 3 rings (SSSR count). The number of aliphatic hydroxyl groups is 1. The lowest BCUT2D eigenvalue weighted by Crippen LogP contribution is -2.25. The molecule has 0 aliphatic heterocycles. The molecule has 2 heterocycles. The molecule has 3 aromatic rings. The average Bonchev–Trinajstić information content (AvgIpc) is 3.09. The van der Waals surface area contributed by atoms with Crippen LogP contribution in [0.15, 0.2) is 48.7 Å². The lowest BCUT2D eigenvalue weighted by molar-refractivity contribution is 0.0948. The zero-order chi connectivity index (χ0) is 20.8. The zero-order valence-electron chi connectivity index (χ0n) is 15.3. The van der Waals surface area contributed by atoms with Crippen LogP contribution in [0.5, 0.6) is 0 Å². The largest absolute Gasteiger partial charge is 0.392 e. The topological polar surface area (TPSA) is 135 Å². The van der Waals surface area contributed by atoms with E-state index < -0.39 is 0 Å². The summed E-state index contributed by atoms with van der Waals surface area (Å²) in [5, 5.41) is 18.8. The average molecular weight is 415 g/mol. The third kappa shape index (κ3) is 5.09. The second kappa shape index (κ2) is 9.18. The number of pyridine rings is 1. The van der Waals surface area contributed by atoms with Crippen LogP contribution >= 0.6 is 11.6 Å². The highest BCUT2D eigenvalue weighted by molar-refractivity contribution is 6.31. The number of halogens is 1. The summed E-state index contributed by atoms with van der Waals surface area (Å²) < 4.78 is 1.44. The number of fused-ring (bicyclic) bond motifs is 1. The van der Waals surface area contributed by atoms with Crippen LogP contribution < -0.4 is 16.4 Å². The highest BCUT2D eigenvalue weighted by atomic mass is 35.5. The van der Waals surface area contributed by atoms with Crippen molar-refractivity contribution in [3.63, 3.8) is 0 Å². The number of aromatic nitrogens is 3. The Labute approximate surface area is 171 Å². The molecule has 0 aliphatic carbocycles. The van der Waals surface area contributed by atoms with Crippen molar-refractivity contribution in [2.75, 3.05) is 18.8 Å². The van der Waals surface area contributed by atoms with E-state index in [9.17, 15) is 9.59 Å². The Balaban J connectivity index is 1.44. The van der Waals surface area contributed by atoms with Crippen molar-refractivity contribution >= 4 is 35.0 Å². The molecular formula is C19H19ClN6O3. The predicted octanol–water partition coefficient (Wildman–Crippen LogP) is 1.17. The van der Waals surface area contributed by atoms with Gasteiger partial charge in [0.15, 0.2) is 5.65 Å². The van der Waals surface area contributed by atoms with Crippen LogP contribution in [0.1, 0.15) is 26.3 Å². The maximum Gasteiger partial charge on any atom is 0.253 e. The third-order valence-corrected chi connectivity index (χ3v) is 4.37. The Morgan fingerprint density at radius 2 is 1.76 bits per heavy atom. The summed E-state index contributed by atoms with van der Waals surface area (Å²) in [5.41, 5.74) is 7.47. The van der Waals surface area contributed by atoms with Gasteiger partial charge in [-0.05, 0) is 29.8 Å². The van der Waals surface area contributed by atoms with Gasteiger partial charge < -0.3 is 21.5 Å². The molecule has 1 aromatic carbocycles. The van der Waals surface area contributed by atoms with Gasteiger partial charge in [0, 0.05) is 29.9 Å². The van der Waals surface area contributed by atoms with Crippen molar-refractivity contribution in [3.05, 3.63) is 70.4 Å². The molecule has 9 nitrogen and oxygen atoms in total. The number of amides is 2. The van der Waals surface area contributed by atoms with Gasteiger partial charge in [0.1, 0.15) is 0 Å². The number of nitrogen functional groups attached to an aromatic ring is 1. The molecule has 0 radical (unpaired) electrons. The van der Waals surface area contributed by atoms with Crippen molar-refractivity contribution in [1.82, 2.24) is 25.2 Å². The maximum atomic E-state index is 12.2. The fourth-order valence-electron chi connectivity index (χ4n) is 2.53. The number of benzene rings is 1. The number of carbonyl (C=O) groups excluding carboxylic acids is 2. The van der Waals surface area contributed by atoms with Crippen molar-refractivity contribution in [2.24, 2.45) is 0 Å². The van der Waals surface area contributed by atoms with Gasteiger partial charge in [-0.15, -0.1) is 5.10 Å². The minimum atomic E-state index is -0.287. The number of hydrogen-bond acceptors (Lipinski definition) is 6. The molecule has 150 valence electrons. The Morgan fingerprint density at radius 3 is 2.41 bits per heavy atom. The zero-order valence-corrected chi connectivity index (χ0v) is 16.1. The number of nitrogens with zero attached hydrogens (tertiary/aromatic N) is 3. The molecule has 2 aromatic heterocycles. The summed E-state index contributed by atoms with van der Waals surface area (Å²) in [6, 6.07) is 7.99. The number of carbonyl (C=O) groups is 2. The Hall–Kier alpha value is -3.43. The lowest BCUT2D eigenvalue weighted by atomic mass is 10.1. The van der Waals surface area contributed by atoms with Gasteiger partial charge >= 0.3 is 0 Å². The number of hydrogen-bond donors (Lipinski definition) is 4. The van der Waals surface area contributed by atoms with E-state index in [-0.39, 0.29) is 30.9 Å². The SMILES string of the molecule is Nc1nc2ccc(C(=O)NC/C=C/CNC(=O)c3ccc(CO)c(Cl)c3)cn2n1. The minimum absolute atomic E-state index is 0.138. The van der Waals surface area contributed by atoms with E-state index in [1.807, 2.05) is 0 Å². The molecule has 0 unspecified atom stereocenters. The molecule has 0 saturated heterocycles. The first-order valence-corrected chi connectivity index (χ1v) is 9.08. The van der Waals surface area contributed by atoms with Crippen molar-refractivity contribution in [3.8, 4) is 0 Å². The third-order valence-electron chi connectivity index (χ3n) is 4.02. The van der Waals surface area contributed by atoms with Gasteiger partial charge in [-0.3, -0.25) is 9.59 Å². The molecule has 5 N–H and O–H groups in total. The van der Waals surface area contributed by atoms with E-state index in [0.717, 1.165) is 0 Å². The molecule has 2 amide bonds. The van der Waals surface area contributed by atoms with E-state index in [1.165, 1.54) is 10.6 Å². The first-order valence-electron chi connectivity index (χ1n) is 8.70. The maximum absolute atomic E-state index is 12.2. The van der Waals surface area contributed by atoms with Crippen molar-refractivity contribution in [1.29, 1.82) is 0 Å². The van der Waals surface area contributed by atoms with Crippen LogP contribution in [-0.4, -0.2) is 44.6 Å². The van der Waals surface area contributed by atoms with Crippen LogP contribution in [0.3, 0.4) is 0 Å². The number of nitrogens with two attached hydrogens (primary N) is 1. The van der Waals surface area contributed by atoms with Crippen molar-refractivity contribution < 1.29 is 14.7 Å². The van der Waals surface area contributed by atoms with Gasteiger partial charge in [0.25, 0.3) is 11.8 Å². The lowest BCUT2D eigenvalue weighted by Gasteiger charge is -2.05. The summed E-state index contributed by atoms with van der Waals surface area (Å²) in [7, 11) is 0. The first-order chi connectivity index (χ1) is 14.0. The highest BCUT2D eigenvalue weighted by Gasteiger charge is 2.08. The molecule has 0 aliphatic rings. The molecule has 0 saturated carbocycles. The van der Waals surface area contributed by atoms with Crippen LogP contribution in [0.25, 0.3) is 5.65 Å². The van der Waals surface area contributed by atoms with E-state index in [0.29, 0.717) is 33.9 Å². The summed E-state index contributed by atoms with van der Waals surface area (Å²) in [5.74, 6) is -0.419.